The third kappa shape index (κ3) is 6.99. The fourth-order valence-electron chi connectivity index (χ4n) is 1.66. The normalized spacial score (nSPS) is 13.5. The number of carbonyl (C=O) groups is 2. The van der Waals surface area contributed by atoms with Crippen LogP contribution in [0.4, 0.5) is 0 Å². The van der Waals surface area contributed by atoms with E-state index in [4.69, 9.17) is 0 Å². The van der Waals surface area contributed by atoms with E-state index >= 15 is 0 Å². The highest BCUT2D eigenvalue weighted by molar-refractivity contribution is 5.96. The van der Waals surface area contributed by atoms with Crippen molar-refractivity contribution in [1.29, 1.82) is 0 Å². The van der Waals surface area contributed by atoms with Crippen molar-refractivity contribution in [1.82, 2.24) is 10.6 Å². The van der Waals surface area contributed by atoms with Gasteiger partial charge in [0, 0.05) is 12.1 Å². The second-order valence-corrected chi connectivity index (χ2v) is 5.12. The van der Waals surface area contributed by atoms with Crippen molar-refractivity contribution in [2.75, 3.05) is 6.54 Å². The number of hydrogen-bond donors (Lipinski definition) is 2. The van der Waals surface area contributed by atoms with Crippen LogP contribution in [0.3, 0.4) is 0 Å². The minimum absolute atomic E-state index is 0.0972. The Morgan fingerprint density at radius 2 is 1.84 bits per heavy atom. The number of unbranched alkanes of at least 4 members (excludes halogenated alkanes) is 2. The highest BCUT2D eigenvalue weighted by Gasteiger charge is 2.25. The van der Waals surface area contributed by atoms with Crippen molar-refractivity contribution < 1.29 is 9.59 Å². The summed E-state index contributed by atoms with van der Waals surface area (Å²) in [4.78, 5) is 23.8. The van der Waals surface area contributed by atoms with Gasteiger partial charge in [0.1, 0.15) is 6.04 Å². The maximum atomic E-state index is 12.1. The Morgan fingerprint density at radius 3 is 2.32 bits per heavy atom. The molecule has 0 aromatic carbocycles. The molecule has 0 fully saturated rings. The predicted octanol–water partition coefficient (Wildman–Crippen LogP) is 2.40. The van der Waals surface area contributed by atoms with Crippen LogP contribution in [0, 0.1) is 5.92 Å². The zero-order chi connectivity index (χ0) is 14.8. The Labute approximate surface area is 117 Å². The SMILES string of the molecule is C=C(C)C(=O)N[C@H](C(=O)NCCCCC)[C@@H](C)CC. The average molecular weight is 268 g/mol. The molecule has 0 saturated heterocycles. The first-order valence-corrected chi connectivity index (χ1v) is 7.18. The molecule has 0 saturated carbocycles. The minimum atomic E-state index is -0.476. The molecule has 0 aliphatic carbocycles. The molecule has 0 aromatic rings. The summed E-state index contributed by atoms with van der Waals surface area (Å²) >= 11 is 0. The first kappa shape index (κ1) is 17.7. The molecule has 0 heterocycles. The van der Waals surface area contributed by atoms with E-state index < -0.39 is 6.04 Å². The maximum absolute atomic E-state index is 12.1. The van der Waals surface area contributed by atoms with E-state index in [0.29, 0.717) is 12.1 Å². The molecule has 19 heavy (non-hydrogen) atoms. The van der Waals surface area contributed by atoms with E-state index in [1.165, 1.54) is 0 Å². The Kier molecular flexibility index (Phi) is 8.92. The molecular weight excluding hydrogens is 240 g/mol. The number of carbonyl (C=O) groups excluding carboxylic acids is 2. The third-order valence-electron chi connectivity index (χ3n) is 3.25. The molecule has 110 valence electrons. The summed E-state index contributed by atoms with van der Waals surface area (Å²) in [6.45, 7) is 12.0. The fraction of sp³-hybridized carbons (Fsp3) is 0.733. The van der Waals surface area contributed by atoms with Gasteiger partial charge in [0.2, 0.25) is 11.8 Å². The lowest BCUT2D eigenvalue weighted by Gasteiger charge is -2.23. The molecule has 2 amide bonds. The van der Waals surface area contributed by atoms with Crippen molar-refractivity contribution >= 4 is 11.8 Å². The highest BCUT2D eigenvalue weighted by Crippen LogP contribution is 2.09. The van der Waals surface area contributed by atoms with Gasteiger partial charge >= 0.3 is 0 Å². The van der Waals surface area contributed by atoms with E-state index in [9.17, 15) is 9.59 Å². The van der Waals surface area contributed by atoms with Gasteiger partial charge in [-0.05, 0) is 19.3 Å². The van der Waals surface area contributed by atoms with Crippen LogP contribution in [0.15, 0.2) is 12.2 Å². The minimum Gasteiger partial charge on any atom is -0.354 e. The van der Waals surface area contributed by atoms with Gasteiger partial charge in [0.15, 0.2) is 0 Å². The Hall–Kier alpha value is -1.32. The van der Waals surface area contributed by atoms with Crippen molar-refractivity contribution in [2.45, 2.75) is 59.4 Å². The molecule has 0 unspecified atom stereocenters. The van der Waals surface area contributed by atoms with Crippen molar-refractivity contribution in [3.63, 3.8) is 0 Å². The summed E-state index contributed by atoms with van der Waals surface area (Å²) < 4.78 is 0. The number of rotatable bonds is 9. The first-order chi connectivity index (χ1) is 8.93. The number of amides is 2. The van der Waals surface area contributed by atoms with Crippen LogP contribution >= 0.6 is 0 Å². The molecule has 0 radical (unpaired) electrons. The van der Waals surface area contributed by atoms with Crippen molar-refractivity contribution in [3.05, 3.63) is 12.2 Å². The van der Waals surface area contributed by atoms with Gasteiger partial charge in [0.25, 0.3) is 0 Å². The molecule has 0 aliphatic rings. The Morgan fingerprint density at radius 1 is 1.21 bits per heavy atom. The van der Waals surface area contributed by atoms with Crippen LogP contribution < -0.4 is 10.6 Å². The molecular formula is C15H28N2O2. The average Bonchev–Trinajstić information content (AvgIpc) is 2.39. The second-order valence-electron chi connectivity index (χ2n) is 5.12. The quantitative estimate of drug-likeness (QED) is 0.498. The molecule has 0 spiro atoms. The predicted molar refractivity (Wildman–Crippen MR) is 78.7 cm³/mol. The van der Waals surface area contributed by atoms with Gasteiger partial charge in [-0.1, -0.05) is 46.6 Å². The van der Waals surface area contributed by atoms with E-state index in [0.717, 1.165) is 25.7 Å². The highest BCUT2D eigenvalue weighted by atomic mass is 16.2. The van der Waals surface area contributed by atoms with Gasteiger partial charge in [-0.15, -0.1) is 0 Å². The Balaban J connectivity index is 4.44. The topological polar surface area (TPSA) is 58.2 Å². The molecule has 0 rings (SSSR count). The summed E-state index contributed by atoms with van der Waals surface area (Å²) in [5.41, 5.74) is 0.423. The van der Waals surface area contributed by atoms with Crippen molar-refractivity contribution in [3.8, 4) is 0 Å². The molecule has 4 nitrogen and oxygen atoms in total. The number of hydrogen-bond acceptors (Lipinski definition) is 2. The van der Waals surface area contributed by atoms with Crippen LogP contribution in [0.25, 0.3) is 0 Å². The first-order valence-electron chi connectivity index (χ1n) is 7.18. The summed E-state index contributed by atoms with van der Waals surface area (Å²) in [6, 6.07) is -0.476. The smallest absolute Gasteiger partial charge is 0.246 e. The lowest BCUT2D eigenvalue weighted by Crippen LogP contribution is -2.50. The lowest BCUT2D eigenvalue weighted by atomic mass is 9.98. The van der Waals surface area contributed by atoms with E-state index in [2.05, 4.69) is 24.1 Å². The van der Waals surface area contributed by atoms with Crippen LogP contribution in [0.2, 0.25) is 0 Å². The molecule has 0 aliphatic heterocycles. The monoisotopic (exact) mass is 268 g/mol. The van der Waals surface area contributed by atoms with Gasteiger partial charge in [-0.3, -0.25) is 9.59 Å². The molecule has 0 bridgehead atoms. The summed E-state index contributed by atoms with van der Waals surface area (Å²) in [5, 5.41) is 5.65. The largest absolute Gasteiger partial charge is 0.354 e. The van der Waals surface area contributed by atoms with Gasteiger partial charge in [-0.25, -0.2) is 0 Å². The summed E-state index contributed by atoms with van der Waals surface area (Å²) in [6.07, 6.45) is 4.04. The van der Waals surface area contributed by atoms with Gasteiger partial charge in [0.05, 0.1) is 0 Å². The molecule has 4 heteroatoms. The van der Waals surface area contributed by atoms with Crippen LogP contribution in [-0.4, -0.2) is 24.4 Å². The van der Waals surface area contributed by atoms with Gasteiger partial charge in [-0.2, -0.15) is 0 Å². The number of nitrogens with one attached hydrogen (secondary N) is 2. The standard InChI is InChI=1S/C15H28N2O2/c1-6-8-9-10-16-15(19)13(12(5)7-2)17-14(18)11(3)4/h12-13H,3,6-10H2,1-2,4-5H3,(H,16,19)(H,17,18)/t12-,13-/m0/s1. The fourth-order valence-corrected chi connectivity index (χ4v) is 1.66. The van der Waals surface area contributed by atoms with Crippen LogP contribution in [0.5, 0.6) is 0 Å². The summed E-state index contributed by atoms with van der Waals surface area (Å²) in [5.74, 6) is -0.247. The van der Waals surface area contributed by atoms with Crippen LogP contribution in [0.1, 0.15) is 53.4 Å². The maximum Gasteiger partial charge on any atom is 0.246 e. The van der Waals surface area contributed by atoms with Gasteiger partial charge < -0.3 is 10.6 Å². The molecule has 2 N–H and O–H groups in total. The second kappa shape index (κ2) is 9.59. The summed E-state index contributed by atoms with van der Waals surface area (Å²) in [7, 11) is 0. The Bertz CT molecular complexity index is 313. The zero-order valence-corrected chi connectivity index (χ0v) is 12.7. The van der Waals surface area contributed by atoms with Crippen LogP contribution in [-0.2, 0) is 9.59 Å². The third-order valence-corrected chi connectivity index (χ3v) is 3.25. The lowest BCUT2D eigenvalue weighted by molar-refractivity contribution is -0.128. The van der Waals surface area contributed by atoms with E-state index in [1.54, 1.807) is 6.92 Å². The molecule has 0 aromatic heterocycles. The van der Waals surface area contributed by atoms with Crippen molar-refractivity contribution in [2.24, 2.45) is 5.92 Å². The van der Waals surface area contributed by atoms with E-state index in [-0.39, 0.29) is 17.7 Å². The van der Waals surface area contributed by atoms with E-state index in [1.807, 2.05) is 13.8 Å². The zero-order valence-electron chi connectivity index (χ0n) is 12.7. The molecule has 2 atom stereocenters.